The first-order valence-electron chi connectivity index (χ1n) is 10.7. The Hall–Kier alpha value is -2.44. The largest absolute Gasteiger partial charge is 0.497 e. The number of unbranched alkanes of at least 4 members (excludes halogenated alkanes) is 1. The Bertz CT molecular complexity index is 890. The molecule has 174 valence electrons. The van der Waals surface area contributed by atoms with Crippen LogP contribution in [0.25, 0.3) is 0 Å². The molecule has 0 saturated carbocycles. The van der Waals surface area contributed by atoms with Crippen LogP contribution in [-0.4, -0.2) is 43.0 Å². The molecule has 0 radical (unpaired) electrons. The van der Waals surface area contributed by atoms with Crippen molar-refractivity contribution in [2.45, 2.75) is 45.7 Å². The minimum Gasteiger partial charge on any atom is -0.497 e. The molecular formula is C24H30Cl2N2O4. The van der Waals surface area contributed by atoms with Crippen LogP contribution < -0.4 is 14.8 Å². The molecule has 2 aromatic carbocycles. The predicted octanol–water partition coefficient (Wildman–Crippen LogP) is 5.10. The first-order valence-corrected chi connectivity index (χ1v) is 11.4. The van der Waals surface area contributed by atoms with E-state index in [1.54, 1.807) is 30.2 Å². The van der Waals surface area contributed by atoms with Gasteiger partial charge in [0.2, 0.25) is 5.91 Å². The molecule has 0 heterocycles. The Kier molecular flexibility index (Phi) is 10.6. The molecule has 0 fully saturated rings. The Balaban J connectivity index is 2.19. The van der Waals surface area contributed by atoms with Crippen LogP contribution in [0.1, 0.15) is 38.7 Å². The van der Waals surface area contributed by atoms with Crippen LogP contribution in [0.2, 0.25) is 10.0 Å². The van der Waals surface area contributed by atoms with Crippen LogP contribution in [-0.2, 0) is 16.1 Å². The Morgan fingerprint density at radius 3 is 2.41 bits per heavy atom. The highest BCUT2D eigenvalue weighted by atomic mass is 35.5. The second-order valence-corrected chi connectivity index (χ2v) is 8.15. The van der Waals surface area contributed by atoms with Crippen LogP contribution >= 0.6 is 23.2 Å². The average Bonchev–Trinajstić information content (AvgIpc) is 2.78. The number of ether oxygens (including phenoxy) is 2. The van der Waals surface area contributed by atoms with E-state index in [1.807, 2.05) is 31.2 Å². The van der Waals surface area contributed by atoms with Crippen molar-refractivity contribution in [1.29, 1.82) is 0 Å². The SMILES string of the molecule is CCCCNC(=O)[C@H](CC)N(Cc1ccc(OC)cc1)C(=O)COc1ccc(Cl)cc1Cl. The number of nitrogens with one attached hydrogen (secondary N) is 1. The van der Waals surface area contributed by atoms with E-state index in [0.29, 0.717) is 28.8 Å². The molecule has 32 heavy (non-hydrogen) atoms. The van der Waals surface area contributed by atoms with Gasteiger partial charge in [-0.3, -0.25) is 9.59 Å². The highest BCUT2D eigenvalue weighted by Gasteiger charge is 2.29. The summed E-state index contributed by atoms with van der Waals surface area (Å²) in [5.74, 6) is 0.586. The van der Waals surface area contributed by atoms with Crippen molar-refractivity contribution in [1.82, 2.24) is 10.2 Å². The van der Waals surface area contributed by atoms with Crippen molar-refractivity contribution in [2.24, 2.45) is 0 Å². The van der Waals surface area contributed by atoms with Crippen LogP contribution in [0, 0.1) is 0 Å². The lowest BCUT2D eigenvalue weighted by Crippen LogP contribution is -2.50. The molecule has 6 nitrogen and oxygen atoms in total. The molecule has 8 heteroatoms. The number of hydrogen-bond donors (Lipinski definition) is 1. The maximum absolute atomic E-state index is 13.2. The summed E-state index contributed by atoms with van der Waals surface area (Å²) in [6.07, 6.45) is 2.33. The molecule has 0 unspecified atom stereocenters. The van der Waals surface area contributed by atoms with Crippen LogP contribution in [0.5, 0.6) is 11.5 Å². The van der Waals surface area contributed by atoms with Gasteiger partial charge in [0.25, 0.3) is 5.91 Å². The van der Waals surface area contributed by atoms with Gasteiger partial charge in [0.05, 0.1) is 12.1 Å². The molecular weight excluding hydrogens is 451 g/mol. The van der Waals surface area contributed by atoms with E-state index < -0.39 is 6.04 Å². The molecule has 0 aliphatic heterocycles. The second kappa shape index (κ2) is 13.2. The molecule has 1 atom stereocenters. The van der Waals surface area contributed by atoms with E-state index in [4.69, 9.17) is 32.7 Å². The first kappa shape index (κ1) is 25.8. The number of carbonyl (C=O) groups excluding carboxylic acids is 2. The zero-order valence-corrected chi connectivity index (χ0v) is 20.2. The fourth-order valence-electron chi connectivity index (χ4n) is 3.17. The molecule has 0 bridgehead atoms. The quantitative estimate of drug-likeness (QED) is 0.428. The standard InChI is InChI=1S/C24H30Cl2N2O4/c1-4-6-13-27-24(30)21(5-2)28(15-17-7-10-19(31-3)11-8-17)23(29)16-32-22-12-9-18(25)14-20(22)26/h7-12,14,21H,4-6,13,15-16H2,1-3H3,(H,27,30)/t21-/m0/s1. The van der Waals surface area contributed by atoms with Gasteiger partial charge in [0.15, 0.2) is 6.61 Å². The Labute approximate surface area is 199 Å². The predicted molar refractivity (Wildman–Crippen MR) is 127 cm³/mol. The third kappa shape index (κ3) is 7.61. The third-order valence-electron chi connectivity index (χ3n) is 4.97. The lowest BCUT2D eigenvalue weighted by Gasteiger charge is -2.30. The molecule has 2 aromatic rings. The number of nitrogens with zero attached hydrogens (tertiary/aromatic N) is 1. The third-order valence-corrected chi connectivity index (χ3v) is 5.50. The van der Waals surface area contributed by atoms with Crippen molar-refractivity contribution in [3.8, 4) is 11.5 Å². The van der Waals surface area contributed by atoms with Gasteiger partial charge < -0.3 is 19.7 Å². The lowest BCUT2D eigenvalue weighted by atomic mass is 10.1. The van der Waals surface area contributed by atoms with E-state index in [2.05, 4.69) is 12.2 Å². The smallest absolute Gasteiger partial charge is 0.261 e. The second-order valence-electron chi connectivity index (χ2n) is 7.30. The minimum absolute atomic E-state index is 0.174. The van der Waals surface area contributed by atoms with E-state index in [9.17, 15) is 9.59 Å². The number of methoxy groups -OCH3 is 1. The normalized spacial score (nSPS) is 11.5. The van der Waals surface area contributed by atoms with E-state index in [-0.39, 0.29) is 25.0 Å². The molecule has 2 rings (SSSR count). The van der Waals surface area contributed by atoms with Crippen LogP contribution in [0.15, 0.2) is 42.5 Å². The van der Waals surface area contributed by atoms with Gasteiger partial charge >= 0.3 is 0 Å². The van der Waals surface area contributed by atoms with Gasteiger partial charge in [0, 0.05) is 18.1 Å². The maximum atomic E-state index is 13.2. The zero-order valence-electron chi connectivity index (χ0n) is 18.7. The van der Waals surface area contributed by atoms with Crippen molar-refractivity contribution in [3.05, 3.63) is 58.1 Å². The summed E-state index contributed by atoms with van der Waals surface area (Å²) in [6.45, 7) is 4.53. The molecule has 0 aromatic heterocycles. The van der Waals surface area contributed by atoms with Crippen molar-refractivity contribution < 1.29 is 19.1 Å². The van der Waals surface area contributed by atoms with Gasteiger partial charge in [-0.2, -0.15) is 0 Å². The minimum atomic E-state index is -0.620. The monoisotopic (exact) mass is 480 g/mol. The van der Waals surface area contributed by atoms with Gasteiger partial charge in [0.1, 0.15) is 17.5 Å². The Morgan fingerprint density at radius 2 is 1.81 bits per heavy atom. The number of benzene rings is 2. The summed E-state index contributed by atoms with van der Waals surface area (Å²) in [4.78, 5) is 27.6. The number of halogens is 2. The molecule has 0 saturated heterocycles. The molecule has 1 N–H and O–H groups in total. The number of amides is 2. The summed E-state index contributed by atoms with van der Waals surface area (Å²) in [5.41, 5.74) is 0.878. The van der Waals surface area contributed by atoms with E-state index >= 15 is 0 Å². The average molecular weight is 481 g/mol. The molecule has 0 spiro atoms. The van der Waals surface area contributed by atoms with Crippen molar-refractivity contribution >= 4 is 35.0 Å². The summed E-state index contributed by atoms with van der Waals surface area (Å²) in [6, 6.07) is 11.6. The first-order chi connectivity index (χ1) is 15.4. The van der Waals surface area contributed by atoms with E-state index in [0.717, 1.165) is 24.2 Å². The van der Waals surface area contributed by atoms with Gasteiger partial charge in [-0.05, 0) is 48.7 Å². The molecule has 0 aliphatic carbocycles. The topological polar surface area (TPSA) is 67.9 Å². The fraction of sp³-hybridized carbons (Fsp3) is 0.417. The van der Waals surface area contributed by atoms with Crippen molar-refractivity contribution in [2.75, 3.05) is 20.3 Å². The van der Waals surface area contributed by atoms with Gasteiger partial charge in [-0.1, -0.05) is 55.6 Å². The highest BCUT2D eigenvalue weighted by Crippen LogP contribution is 2.27. The number of hydrogen-bond acceptors (Lipinski definition) is 4. The molecule has 0 aliphatic rings. The van der Waals surface area contributed by atoms with Crippen molar-refractivity contribution in [3.63, 3.8) is 0 Å². The summed E-state index contributed by atoms with van der Waals surface area (Å²) in [7, 11) is 1.60. The highest BCUT2D eigenvalue weighted by molar-refractivity contribution is 6.35. The number of rotatable bonds is 12. The maximum Gasteiger partial charge on any atom is 0.261 e. The van der Waals surface area contributed by atoms with Crippen LogP contribution in [0.3, 0.4) is 0 Å². The Morgan fingerprint density at radius 1 is 1.09 bits per heavy atom. The summed E-state index contributed by atoms with van der Waals surface area (Å²) >= 11 is 12.1. The lowest BCUT2D eigenvalue weighted by molar-refractivity contribution is -0.143. The summed E-state index contributed by atoms with van der Waals surface area (Å²) in [5, 5.41) is 3.73. The van der Waals surface area contributed by atoms with Gasteiger partial charge in [-0.25, -0.2) is 0 Å². The molecule has 2 amide bonds. The number of carbonyl (C=O) groups is 2. The van der Waals surface area contributed by atoms with Gasteiger partial charge in [-0.15, -0.1) is 0 Å². The van der Waals surface area contributed by atoms with E-state index in [1.165, 1.54) is 0 Å². The van der Waals surface area contributed by atoms with Crippen LogP contribution in [0.4, 0.5) is 0 Å². The fourth-order valence-corrected chi connectivity index (χ4v) is 3.63. The zero-order chi connectivity index (χ0) is 23.5. The summed E-state index contributed by atoms with van der Waals surface area (Å²) < 4.78 is 10.9.